The van der Waals surface area contributed by atoms with Crippen LogP contribution in [0.25, 0.3) is 0 Å². The van der Waals surface area contributed by atoms with Crippen molar-refractivity contribution in [3.8, 4) is 0 Å². The summed E-state index contributed by atoms with van der Waals surface area (Å²) in [4.78, 5) is 0. The zero-order valence-electron chi connectivity index (χ0n) is 15.7. The quantitative estimate of drug-likeness (QED) is 0.286. The third kappa shape index (κ3) is 4.11. The van der Waals surface area contributed by atoms with E-state index in [1.807, 2.05) is 0 Å². The molecule has 3 heteroatoms. The second-order valence-electron chi connectivity index (χ2n) is 8.36. The molecule has 0 radical (unpaired) electrons. The van der Waals surface area contributed by atoms with E-state index in [1.54, 1.807) is 5.57 Å². The van der Waals surface area contributed by atoms with Gasteiger partial charge in [-0.3, -0.25) is 0 Å². The summed E-state index contributed by atoms with van der Waals surface area (Å²) in [6.07, 6.45) is 12.8. The lowest BCUT2D eigenvalue weighted by Gasteiger charge is -2.58. The highest BCUT2D eigenvalue weighted by Gasteiger charge is 2.52. The maximum atomic E-state index is 5.47. The van der Waals surface area contributed by atoms with Crippen LogP contribution in [0.2, 0.25) is 0 Å². The maximum Gasteiger partial charge on any atom is 0.0693 e. The molecule has 0 heterocycles. The van der Waals surface area contributed by atoms with Gasteiger partial charge in [0.2, 0.25) is 0 Å². The Hall–Kier alpha value is 0.300. The highest BCUT2D eigenvalue weighted by Crippen LogP contribution is 2.61. The molecule has 0 aromatic carbocycles. The van der Waals surface area contributed by atoms with E-state index in [4.69, 9.17) is 4.52 Å². The van der Waals surface area contributed by atoms with Crippen molar-refractivity contribution < 1.29 is 4.52 Å². The lowest BCUT2D eigenvalue weighted by Crippen LogP contribution is -2.49. The first-order valence-corrected chi connectivity index (χ1v) is 12.0. The Kier molecular flexibility index (Phi) is 6.93. The Morgan fingerprint density at radius 2 is 2.17 bits per heavy atom. The van der Waals surface area contributed by atoms with Gasteiger partial charge in [0, 0.05) is 8.50 Å². The van der Waals surface area contributed by atoms with Crippen molar-refractivity contribution in [2.75, 3.05) is 6.61 Å². The molecule has 1 nitrogen and oxygen atoms in total. The van der Waals surface area contributed by atoms with Gasteiger partial charge in [0.15, 0.2) is 0 Å². The second kappa shape index (κ2) is 8.12. The Labute approximate surface area is 148 Å². The van der Waals surface area contributed by atoms with Crippen LogP contribution < -0.4 is 0 Å². The SMILES string of the molecule is CC1=CCCC2C1(C)CCC(C)C2(C)CC/C(C)=C\COPP. The van der Waals surface area contributed by atoms with Crippen molar-refractivity contribution in [2.45, 2.75) is 73.1 Å². The molecule has 0 N–H and O–H groups in total. The molecule has 0 saturated heterocycles. The Morgan fingerprint density at radius 1 is 1.43 bits per heavy atom. The summed E-state index contributed by atoms with van der Waals surface area (Å²) >= 11 is 0. The van der Waals surface area contributed by atoms with Crippen molar-refractivity contribution in [1.29, 1.82) is 0 Å². The summed E-state index contributed by atoms with van der Waals surface area (Å²) in [5.74, 6) is 1.69. The average molecular weight is 354 g/mol. The molecule has 23 heavy (non-hydrogen) atoms. The Balaban J connectivity index is 2.11. The minimum atomic E-state index is 0.445. The molecule has 2 rings (SSSR count). The van der Waals surface area contributed by atoms with Crippen LogP contribution in [0, 0.1) is 22.7 Å². The van der Waals surface area contributed by atoms with Crippen molar-refractivity contribution in [1.82, 2.24) is 0 Å². The Bertz CT molecular complexity index is 470. The summed E-state index contributed by atoms with van der Waals surface area (Å²) in [6, 6.07) is 0. The smallest absolute Gasteiger partial charge is 0.0693 e. The molecular formula is C20H36OP2. The molecule has 2 aliphatic rings. The fourth-order valence-electron chi connectivity index (χ4n) is 5.13. The van der Waals surface area contributed by atoms with Crippen LogP contribution in [0.4, 0.5) is 0 Å². The third-order valence-electron chi connectivity index (χ3n) is 7.25. The number of rotatable bonds is 6. The van der Waals surface area contributed by atoms with E-state index in [0.717, 1.165) is 18.4 Å². The molecule has 6 unspecified atom stereocenters. The van der Waals surface area contributed by atoms with E-state index in [1.165, 1.54) is 44.1 Å². The first-order valence-electron chi connectivity index (χ1n) is 9.25. The molecule has 0 aromatic rings. The predicted molar refractivity (Wildman–Crippen MR) is 108 cm³/mol. The molecule has 1 saturated carbocycles. The monoisotopic (exact) mass is 354 g/mol. The molecule has 2 aliphatic carbocycles. The van der Waals surface area contributed by atoms with Crippen LogP contribution in [-0.2, 0) is 4.52 Å². The Morgan fingerprint density at radius 3 is 2.87 bits per heavy atom. The van der Waals surface area contributed by atoms with E-state index in [2.05, 4.69) is 55.7 Å². The number of hydrogen-bond donors (Lipinski definition) is 0. The lowest BCUT2D eigenvalue weighted by atomic mass is 9.47. The summed E-state index contributed by atoms with van der Waals surface area (Å²) in [5.41, 5.74) is 4.08. The second-order valence-corrected chi connectivity index (χ2v) is 9.59. The fourth-order valence-corrected chi connectivity index (χ4v) is 5.60. The topological polar surface area (TPSA) is 9.23 Å². The maximum absolute atomic E-state index is 5.47. The number of fused-ring (bicyclic) bond motifs is 1. The summed E-state index contributed by atoms with van der Waals surface area (Å²) in [5, 5.41) is 0. The highest BCUT2D eigenvalue weighted by molar-refractivity contribution is 8.00. The van der Waals surface area contributed by atoms with Gasteiger partial charge in [-0.2, -0.15) is 0 Å². The molecule has 0 aromatic heterocycles. The van der Waals surface area contributed by atoms with Crippen LogP contribution in [0.3, 0.4) is 0 Å². The molecule has 0 amide bonds. The van der Waals surface area contributed by atoms with Crippen LogP contribution in [-0.4, -0.2) is 6.61 Å². The molecular weight excluding hydrogens is 318 g/mol. The van der Waals surface area contributed by atoms with Gasteiger partial charge in [-0.25, -0.2) is 0 Å². The molecule has 6 atom stereocenters. The molecule has 0 bridgehead atoms. The van der Waals surface area contributed by atoms with Gasteiger partial charge in [0.25, 0.3) is 0 Å². The molecule has 1 fully saturated rings. The van der Waals surface area contributed by atoms with Crippen LogP contribution in [0.1, 0.15) is 73.1 Å². The van der Waals surface area contributed by atoms with E-state index >= 15 is 0 Å². The fraction of sp³-hybridized carbons (Fsp3) is 0.800. The zero-order chi connectivity index (χ0) is 17.1. The lowest BCUT2D eigenvalue weighted by molar-refractivity contribution is -0.0466. The summed E-state index contributed by atoms with van der Waals surface area (Å²) in [7, 11) is 3.16. The van der Waals surface area contributed by atoms with Crippen LogP contribution in [0.5, 0.6) is 0 Å². The van der Waals surface area contributed by atoms with Gasteiger partial charge in [0.05, 0.1) is 6.61 Å². The van der Waals surface area contributed by atoms with E-state index in [0.29, 0.717) is 19.3 Å². The summed E-state index contributed by atoms with van der Waals surface area (Å²) < 4.78 is 5.47. The minimum Gasteiger partial charge on any atom is -0.354 e. The first-order chi connectivity index (χ1) is 10.8. The van der Waals surface area contributed by atoms with Crippen molar-refractivity contribution in [2.24, 2.45) is 22.7 Å². The van der Waals surface area contributed by atoms with Crippen LogP contribution in [0.15, 0.2) is 23.3 Å². The molecule has 132 valence electrons. The zero-order valence-corrected chi connectivity index (χ0v) is 17.9. The van der Waals surface area contributed by atoms with Gasteiger partial charge in [-0.15, -0.1) is 0 Å². The highest BCUT2D eigenvalue weighted by atomic mass is 32.0. The largest absolute Gasteiger partial charge is 0.354 e. The van der Waals surface area contributed by atoms with Gasteiger partial charge >= 0.3 is 0 Å². The normalized spacial score (nSPS) is 38.7. The predicted octanol–water partition coefficient (Wildman–Crippen LogP) is 6.91. The molecule has 0 aliphatic heterocycles. The van der Waals surface area contributed by atoms with E-state index in [-0.39, 0.29) is 0 Å². The van der Waals surface area contributed by atoms with Crippen molar-refractivity contribution >= 4 is 17.4 Å². The number of allylic oxidation sites excluding steroid dienone is 3. The summed E-state index contributed by atoms with van der Waals surface area (Å²) in [6.45, 7) is 13.1. The third-order valence-corrected chi connectivity index (χ3v) is 8.08. The van der Waals surface area contributed by atoms with Gasteiger partial charge < -0.3 is 4.52 Å². The van der Waals surface area contributed by atoms with Crippen LogP contribution >= 0.6 is 17.4 Å². The number of hydrogen-bond acceptors (Lipinski definition) is 1. The van der Waals surface area contributed by atoms with Gasteiger partial charge in [-0.05, 0) is 75.0 Å². The van der Waals surface area contributed by atoms with E-state index in [9.17, 15) is 0 Å². The molecule has 0 spiro atoms. The van der Waals surface area contributed by atoms with Crippen molar-refractivity contribution in [3.05, 3.63) is 23.3 Å². The first kappa shape index (κ1) is 19.6. The van der Waals surface area contributed by atoms with E-state index < -0.39 is 0 Å². The van der Waals surface area contributed by atoms with Gasteiger partial charge in [0.1, 0.15) is 0 Å². The standard InChI is InChI=1S/C20H36OP2/c1-15(11-14-21-23-22)9-12-19(4)17(3)10-13-20(5)16(2)7-6-8-18(19)20/h7,11,17-18,23H,6,8-10,12-14,22H2,1-5H3/b15-11-. The minimum absolute atomic E-state index is 0.445. The van der Waals surface area contributed by atoms with Gasteiger partial charge in [-0.1, -0.05) is 53.0 Å². The van der Waals surface area contributed by atoms with Crippen molar-refractivity contribution in [3.63, 3.8) is 0 Å². The average Bonchev–Trinajstić information content (AvgIpc) is 2.52.